The van der Waals surface area contributed by atoms with Crippen molar-refractivity contribution in [2.45, 2.75) is 18.4 Å². The molecule has 2 aliphatic heterocycles. The number of fused-ring (bicyclic) bond motifs is 2. The second kappa shape index (κ2) is 2.73. The molecule has 2 rings (SSSR count). The second-order valence-corrected chi connectivity index (χ2v) is 3.38. The molecule has 0 unspecified atom stereocenters. The largest absolute Gasteiger partial charge is 0.481 e. The van der Waals surface area contributed by atoms with E-state index >= 15 is 0 Å². The van der Waals surface area contributed by atoms with Crippen LogP contribution < -0.4 is 0 Å². The van der Waals surface area contributed by atoms with Gasteiger partial charge in [0, 0.05) is 0 Å². The van der Waals surface area contributed by atoms with Crippen LogP contribution in [0.3, 0.4) is 0 Å². The average molecular weight is 208 g/mol. The molecule has 0 radical (unpaired) electrons. The highest BCUT2D eigenvalue weighted by Crippen LogP contribution is 2.47. The van der Waals surface area contributed by atoms with Crippen molar-refractivity contribution < 1.29 is 27.8 Å². The maximum Gasteiger partial charge on any atom is 0.395 e. The fourth-order valence-corrected chi connectivity index (χ4v) is 1.99. The van der Waals surface area contributed by atoms with Crippen molar-refractivity contribution >= 4 is 5.97 Å². The predicted octanol–water partition coefficient (Wildman–Crippen LogP) is 1.20. The minimum atomic E-state index is -4.52. The Morgan fingerprint density at radius 1 is 1.29 bits per heavy atom. The summed E-state index contributed by atoms with van der Waals surface area (Å²) in [6, 6.07) is 0. The second-order valence-electron chi connectivity index (χ2n) is 3.38. The summed E-state index contributed by atoms with van der Waals surface area (Å²) in [4.78, 5) is 10.6. The van der Waals surface area contributed by atoms with Gasteiger partial charge in [0.1, 0.15) is 11.8 Å². The third-order valence-corrected chi connectivity index (χ3v) is 2.56. The molecule has 1 N–H and O–H groups in total. The molecule has 1 saturated heterocycles. The molecule has 6 heteroatoms. The Hall–Kier alpha value is -1.04. The van der Waals surface area contributed by atoms with Crippen LogP contribution in [-0.4, -0.2) is 29.5 Å². The summed E-state index contributed by atoms with van der Waals surface area (Å²) >= 11 is 0. The predicted molar refractivity (Wildman–Crippen MR) is 38.5 cm³/mol. The van der Waals surface area contributed by atoms with E-state index in [2.05, 4.69) is 0 Å². The zero-order valence-corrected chi connectivity index (χ0v) is 6.86. The van der Waals surface area contributed by atoms with Crippen molar-refractivity contribution in [3.8, 4) is 0 Å². The number of carbonyl (C=O) groups is 1. The zero-order valence-electron chi connectivity index (χ0n) is 6.86. The van der Waals surface area contributed by atoms with E-state index in [9.17, 15) is 18.0 Å². The summed E-state index contributed by atoms with van der Waals surface area (Å²) in [5.74, 6) is -4.86. The Balaban J connectivity index is 2.31. The molecule has 0 aromatic heterocycles. The first-order valence-electron chi connectivity index (χ1n) is 4.04. The van der Waals surface area contributed by atoms with Crippen LogP contribution in [-0.2, 0) is 9.53 Å². The number of hydrogen-bond acceptors (Lipinski definition) is 2. The maximum atomic E-state index is 12.5. The molecule has 0 aliphatic carbocycles. The number of carboxylic acids is 1. The summed E-state index contributed by atoms with van der Waals surface area (Å²) in [7, 11) is 0. The van der Waals surface area contributed by atoms with Crippen molar-refractivity contribution in [2.24, 2.45) is 11.8 Å². The van der Waals surface area contributed by atoms with Crippen molar-refractivity contribution in [1.29, 1.82) is 0 Å². The topological polar surface area (TPSA) is 46.5 Å². The lowest BCUT2D eigenvalue weighted by molar-refractivity contribution is -0.196. The first-order chi connectivity index (χ1) is 6.41. The summed E-state index contributed by atoms with van der Waals surface area (Å²) < 4.78 is 42.2. The van der Waals surface area contributed by atoms with Gasteiger partial charge < -0.3 is 9.84 Å². The van der Waals surface area contributed by atoms with Crippen LogP contribution in [0.25, 0.3) is 0 Å². The van der Waals surface area contributed by atoms with Crippen molar-refractivity contribution in [2.75, 3.05) is 0 Å². The fourth-order valence-electron chi connectivity index (χ4n) is 1.99. The normalized spacial score (nSPS) is 40.5. The van der Waals surface area contributed by atoms with E-state index in [0.717, 1.165) is 0 Å². The highest BCUT2D eigenvalue weighted by Gasteiger charge is 2.60. The molecule has 0 aromatic carbocycles. The highest BCUT2D eigenvalue weighted by atomic mass is 19.4. The van der Waals surface area contributed by atoms with E-state index in [4.69, 9.17) is 9.84 Å². The van der Waals surface area contributed by atoms with E-state index < -0.39 is 36.2 Å². The van der Waals surface area contributed by atoms with Gasteiger partial charge in [-0.2, -0.15) is 13.2 Å². The molecule has 3 nitrogen and oxygen atoms in total. The number of halogens is 3. The zero-order chi connectivity index (χ0) is 10.5. The van der Waals surface area contributed by atoms with E-state index in [1.165, 1.54) is 12.2 Å². The molecular weight excluding hydrogens is 201 g/mol. The van der Waals surface area contributed by atoms with Gasteiger partial charge >= 0.3 is 12.1 Å². The van der Waals surface area contributed by atoms with Gasteiger partial charge in [-0.15, -0.1) is 0 Å². The molecule has 0 spiro atoms. The summed E-state index contributed by atoms with van der Waals surface area (Å²) in [5.41, 5.74) is 0. The lowest BCUT2D eigenvalue weighted by Gasteiger charge is -2.23. The van der Waals surface area contributed by atoms with Crippen molar-refractivity contribution in [3.05, 3.63) is 12.2 Å². The average Bonchev–Trinajstić information content (AvgIpc) is 2.58. The first-order valence-corrected chi connectivity index (χ1v) is 4.04. The van der Waals surface area contributed by atoms with Crippen LogP contribution in [0, 0.1) is 11.8 Å². The molecule has 2 heterocycles. The van der Waals surface area contributed by atoms with Crippen molar-refractivity contribution in [3.63, 3.8) is 0 Å². The molecule has 2 bridgehead atoms. The van der Waals surface area contributed by atoms with Gasteiger partial charge in [-0.1, -0.05) is 12.2 Å². The standard InChI is InChI=1S/C8H7F3O3/c9-8(10,11)6-4-2-1-3(14-4)5(6)7(12)13/h1-6H,(H,12,13)/t3-,4+,5-,6+/m1/s1. The van der Waals surface area contributed by atoms with Crippen LogP contribution in [0.4, 0.5) is 13.2 Å². The SMILES string of the molecule is O=C(O)[C@H]1[C@@H](C(F)(F)F)[C@@H]2C=C[C@H]1O2. The molecule has 1 fully saturated rings. The lowest BCUT2D eigenvalue weighted by atomic mass is 9.82. The highest BCUT2D eigenvalue weighted by molar-refractivity contribution is 5.73. The summed E-state index contributed by atoms with van der Waals surface area (Å²) in [6.07, 6.45) is -3.91. The number of carboxylic acid groups (broad SMARTS) is 1. The van der Waals surface area contributed by atoms with E-state index in [0.29, 0.717) is 0 Å². The third-order valence-electron chi connectivity index (χ3n) is 2.56. The Morgan fingerprint density at radius 3 is 2.29 bits per heavy atom. The molecule has 14 heavy (non-hydrogen) atoms. The number of aliphatic carboxylic acids is 1. The van der Waals surface area contributed by atoms with Gasteiger partial charge in [-0.3, -0.25) is 4.79 Å². The van der Waals surface area contributed by atoms with Gasteiger partial charge in [0.2, 0.25) is 0 Å². The summed E-state index contributed by atoms with van der Waals surface area (Å²) in [6.45, 7) is 0. The number of alkyl halides is 3. The molecule has 4 atom stereocenters. The van der Waals surface area contributed by atoms with Gasteiger partial charge in [-0.05, 0) is 0 Å². The first kappa shape index (κ1) is 9.51. The van der Waals surface area contributed by atoms with Crippen LogP contribution in [0.5, 0.6) is 0 Å². The van der Waals surface area contributed by atoms with Crippen molar-refractivity contribution in [1.82, 2.24) is 0 Å². The molecule has 78 valence electrons. The summed E-state index contributed by atoms with van der Waals surface area (Å²) in [5, 5.41) is 8.66. The fraction of sp³-hybridized carbons (Fsp3) is 0.625. The number of rotatable bonds is 1. The van der Waals surface area contributed by atoms with Gasteiger partial charge in [0.25, 0.3) is 0 Å². The number of ether oxygens (including phenoxy) is 1. The molecule has 0 aromatic rings. The molecule has 0 saturated carbocycles. The minimum absolute atomic E-state index is 0.927. The maximum absolute atomic E-state index is 12.5. The van der Waals surface area contributed by atoms with Gasteiger partial charge in [0.15, 0.2) is 0 Å². The van der Waals surface area contributed by atoms with E-state index in [1.54, 1.807) is 0 Å². The van der Waals surface area contributed by atoms with Gasteiger partial charge in [-0.25, -0.2) is 0 Å². The van der Waals surface area contributed by atoms with Crippen LogP contribution in [0.1, 0.15) is 0 Å². The molecular formula is C8H7F3O3. The van der Waals surface area contributed by atoms with Gasteiger partial charge in [0.05, 0.1) is 12.2 Å². The quantitative estimate of drug-likeness (QED) is 0.658. The van der Waals surface area contributed by atoms with Crippen LogP contribution in [0.2, 0.25) is 0 Å². The van der Waals surface area contributed by atoms with Crippen LogP contribution in [0.15, 0.2) is 12.2 Å². The third kappa shape index (κ3) is 1.21. The molecule has 2 aliphatic rings. The Morgan fingerprint density at radius 2 is 1.86 bits per heavy atom. The Bertz CT molecular complexity index is 297. The minimum Gasteiger partial charge on any atom is -0.481 e. The smallest absolute Gasteiger partial charge is 0.395 e. The van der Waals surface area contributed by atoms with Crippen LogP contribution >= 0.6 is 0 Å². The van der Waals surface area contributed by atoms with E-state index in [1.807, 2.05) is 0 Å². The monoisotopic (exact) mass is 208 g/mol. The molecule has 0 amide bonds. The number of hydrogen-bond donors (Lipinski definition) is 1. The van der Waals surface area contributed by atoms with E-state index in [-0.39, 0.29) is 0 Å². The Labute approximate surface area is 77.2 Å². The Kier molecular flexibility index (Phi) is 1.85. The lowest BCUT2D eigenvalue weighted by Crippen LogP contribution is -2.40.